The van der Waals surface area contributed by atoms with Gasteiger partial charge in [-0.1, -0.05) is 18.2 Å². The van der Waals surface area contributed by atoms with Crippen LogP contribution in [0.1, 0.15) is 33.8 Å². The number of hydrogen-bond acceptors (Lipinski definition) is 6. The maximum atomic E-state index is 13.8. The Morgan fingerprint density at radius 2 is 2.06 bits per heavy atom. The summed E-state index contributed by atoms with van der Waals surface area (Å²) in [6, 6.07) is 10.8. The molecule has 3 aromatic rings. The van der Waals surface area contributed by atoms with Gasteiger partial charge in [0, 0.05) is 37.0 Å². The second-order valence-corrected chi connectivity index (χ2v) is 6.91. The highest BCUT2D eigenvalue weighted by molar-refractivity contribution is 6.28. The first-order valence-corrected chi connectivity index (χ1v) is 9.60. The monoisotopic (exact) mass is 441 g/mol. The Labute approximate surface area is 181 Å². The van der Waals surface area contributed by atoms with Crippen molar-refractivity contribution in [2.75, 3.05) is 14.1 Å². The van der Waals surface area contributed by atoms with Crippen molar-refractivity contribution >= 4 is 17.3 Å². The molecule has 0 radical (unpaired) electrons. The van der Waals surface area contributed by atoms with Crippen molar-refractivity contribution < 1.29 is 22.4 Å². The molecule has 0 unspecified atom stereocenters. The molecule has 1 amide bonds. The van der Waals surface area contributed by atoms with Crippen LogP contribution in [0.3, 0.4) is 0 Å². The maximum absolute atomic E-state index is 13.8. The van der Waals surface area contributed by atoms with E-state index in [0.717, 1.165) is 5.56 Å². The van der Waals surface area contributed by atoms with Crippen LogP contribution in [-0.2, 0) is 6.54 Å². The van der Waals surface area contributed by atoms with E-state index in [1.807, 2.05) is 0 Å². The van der Waals surface area contributed by atoms with E-state index in [4.69, 9.17) is 4.42 Å². The first-order valence-electron chi connectivity index (χ1n) is 9.60. The Morgan fingerprint density at radius 3 is 2.72 bits per heavy atom. The van der Waals surface area contributed by atoms with Crippen molar-refractivity contribution in [2.24, 2.45) is 4.99 Å². The van der Waals surface area contributed by atoms with Gasteiger partial charge in [0.25, 0.3) is 11.8 Å². The first-order chi connectivity index (χ1) is 15.4. The molecule has 2 heterocycles. The van der Waals surface area contributed by atoms with Gasteiger partial charge < -0.3 is 9.73 Å². The molecule has 0 spiro atoms. The summed E-state index contributed by atoms with van der Waals surface area (Å²) in [6.45, 7) is 0.240. The molecule has 0 aliphatic carbocycles. The van der Waals surface area contributed by atoms with Crippen molar-refractivity contribution in [3.63, 3.8) is 0 Å². The molecule has 4 rings (SSSR count). The van der Waals surface area contributed by atoms with Crippen LogP contribution in [0.2, 0.25) is 0 Å². The Kier molecular flexibility index (Phi) is 5.76. The molecule has 0 saturated carbocycles. The highest BCUT2D eigenvalue weighted by Gasteiger charge is 2.33. The van der Waals surface area contributed by atoms with Crippen molar-refractivity contribution in [2.45, 2.75) is 13.0 Å². The van der Waals surface area contributed by atoms with E-state index in [1.54, 1.807) is 44.6 Å². The molecule has 2 aromatic carbocycles. The first kappa shape index (κ1) is 21.3. The summed E-state index contributed by atoms with van der Waals surface area (Å²) >= 11 is 0. The fourth-order valence-electron chi connectivity index (χ4n) is 3.51. The number of amides is 1. The molecular weight excluding hydrogens is 423 g/mol. The molecular formula is C22H18F3N5O2. The van der Waals surface area contributed by atoms with Crippen molar-refractivity contribution in [1.82, 2.24) is 20.4 Å². The fraction of sp³-hybridized carbons (Fsp3) is 0.182. The van der Waals surface area contributed by atoms with Crippen molar-refractivity contribution in [1.29, 1.82) is 0 Å². The average Bonchev–Trinajstić information content (AvgIpc) is 3.39. The highest BCUT2D eigenvalue weighted by Crippen LogP contribution is 2.31. The van der Waals surface area contributed by atoms with E-state index in [-0.39, 0.29) is 18.3 Å². The van der Waals surface area contributed by atoms with Gasteiger partial charge in [-0.3, -0.25) is 14.7 Å². The van der Waals surface area contributed by atoms with Gasteiger partial charge in [-0.2, -0.15) is 8.78 Å². The predicted molar refractivity (Wildman–Crippen MR) is 111 cm³/mol. The number of aliphatic imine (C=N–C) groups is 1. The number of aromatic nitrogens is 2. The maximum Gasteiger partial charge on any atom is 0.314 e. The zero-order chi connectivity index (χ0) is 22.8. The number of carbonyl (C=O) groups is 1. The third kappa shape index (κ3) is 3.86. The summed E-state index contributed by atoms with van der Waals surface area (Å²) in [6.07, 6.45) is -1.24. The number of halogens is 3. The highest BCUT2D eigenvalue weighted by atomic mass is 19.3. The summed E-state index contributed by atoms with van der Waals surface area (Å²) in [5.41, 5.74) is 2.52. The molecule has 7 nitrogen and oxygen atoms in total. The van der Waals surface area contributed by atoms with Crippen molar-refractivity contribution in [3.8, 4) is 11.5 Å². The summed E-state index contributed by atoms with van der Waals surface area (Å²) in [7, 11) is 3.24. The number of rotatable bonds is 5. The minimum atomic E-state index is -2.88. The van der Waals surface area contributed by atoms with Gasteiger partial charge in [-0.05, 0) is 35.4 Å². The topological polar surface area (TPSA) is 83.6 Å². The molecule has 0 saturated heterocycles. The van der Waals surface area contributed by atoms with E-state index in [9.17, 15) is 18.0 Å². The van der Waals surface area contributed by atoms with Crippen LogP contribution in [0.15, 0.2) is 58.1 Å². The lowest BCUT2D eigenvalue weighted by atomic mass is 10.0. The number of amidine groups is 1. The van der Waals surface area contributed by atoms with Crippen LogP contribution >= 0.6 is 0 Å². The molecule has 32 heavy (non-hydrogen) atoms. The second kappa shape index (κ2) is 8.66. The minimum Gasteiger partial charge on any atom is -0.415 e. The Morgan fingerprint density at radius 1 is 1.25 bits per heavy atom. The zero-order valence-corrected chi connectivity index (χ0v) is 17.1. The van der Waals surface area contributed by atoms with E-state index < -0.39 is 18.1 Å². The summed E-state index contributed by atoms with van der Waals surface area (Å²) in [5.74, 6) is -1.29. The lowest BCUT2D eigenvalue weighted by molar-refractivity contribution is 0.0867. The van der Waals surface area contributed by atoms with Crippen LogP contribution in [0.25, 0.3) is 17.0 Å². The van der Waals surface area contributed by atoms with Gasteiger partial charge in [0.1, 0.15) is 11.7 Å². The van der Waals surface area contributed by atoms with Gasteiger partial charge in [0.2, 0.25) is 5.89 Å². The van der Waals surface area contributed by atoms with Gasteiger partial charge in [-0.15, -0.1) is 10.2 Å². The Hall–Kier alpha value is -3.95. The molecule has 164 valence electrons. The molecule has 10 heteroatoms. The number of fused-ring (bicyclic) bond motifs is 1. The predicted octanol–water partition coefficient (Wildman–Crippen LogP) is 4.06. The smallest absolute Gasteiger partial charge is 0.314 e. The van der Waals surface area contributed by atoms with E-state index >= 15 is 0 Å². The van der Waals surface area contributed by atoms with Crippen LogP contribution in [-0.4, -0.2) is 40.9 Å². The van der Waals surface area contributed by atoms with Gasteiger partial charge >= 0.3 is 6.43 Å². The molecule has 1 aliphatic rings. The fourth-order valence-corrected chi connectivity index (χ4v) is 3.51. The summed E-state index contributed by atoms with van der Waals surface area (Å²) in [5, 5.41) is 9.86. The third-order valence-corrected chi connectivity index (χ3v) is 4.92. The Bertz CT molecular complexity index is 1240. The molecule has 1 N–H and O–H groups in total. The summed E-state index contributed by atoms with van der Waals surface area (Å²) in [4.78, 5) is 19.0. The quantitative estimate of drug-likeness (QED) is 0.477. The van der Waals surface area contributed by atoms with Crippen molar-refractivity contribution in [3.05, 3.63) is 77.1 Å². The van der Waals surface area contributed by atoms with Gasteiger partial charge in [0.05, 0.1) is 6.54 Å². The van der Waals surface area contributed by atoms with E-state index in [0.29, 0.717) is 28.1 Å². The van der Waals surface area contributed by atoms with Crippen LogP contribution < -0.4 is 5.32 Å². The second-order valence-electron chi connectivity index (χ2n) is 6.91. The Balaban J connectivity index is 1.68. The number of nitrogens with zero attached hydrogens (tertiary/aromatic N) is 4. The largest absolute Gasteiger partial charge is 0.415 e. The number of carbonyl (C=O) groups excluding carboxylic acids is 1. The molecule has 1 aromatic heterocycles. The summed E-state index contributed by atoms with van der Waals surface area (Å²) < 4.78 is 44.3. The lowest BCUT2D eigenvalue weighted by Crippen LogP contribution is -2.32. The van der Waals surface area contributed by atoms with E-state index in [2.05, 4.69) is 20.5 Å². The standard InChI is InChI=1S/C22H18F3N5O2/c1-26-10-17(12-4-3-5-15(23)8-12)19(27-2)30-11-14-7-6-13(9-16(14)22(30)31)20-28-29-21(32-20)18(24)25/h3-10,18,26H,11H2,1-2H3/b17-10-,27-19+. The molecule has 0 fully saturated rings. The molecule has 0 atom stereocenters. The number of hydrogen-bond donors (Lipinski definition) is 1. The zero-order valence-electron chi connectivity index (χ0n) is 17.1. The number of alkyl halides is 2. The van der Waals surface area contributed by atoms with Crippen LogP contribution in [0.5, 0.6) is 0 Å². The lowest BCUT2D eigenvalue weighted by Gasteiger charge is -2.21. The van der Waals surface area contributed by atoms with Gasteiger partial charge in [-0.25, -0.2) is 4.39 Å². The molecule has 0 bridgehead atoms. The van der Waals surface area contributed by atoms with Crippen LogP contribution in [0.4, 0.5) is 13.2 Å². The third-order valence-electron chi connectivity index (χ3n) is 4.92. The number of nitrogens with one attached hydrogen (secondary N) is 1. The molecule has 1 aliphatic heterocycles. The SMILES string of the molecule is C/N=C(\C(=C/NC)c1cccc(F)c1)N1Cc2ccc(-c3nnc(C(F)F)o3)cc2C1=O. The van der Waals surface area contributed by atoms with Gasteiger partial charge in [0.15, 0.2) is 0 Å². The normalized spacial score (nSPS) is 14.3. The minimum absolute atomic E-state index is 0.103. The average molecular weight is 441 g/mol. The van der Waals surface area contributed by atoms with Crippen LogP contribution in [0, 0.1) is 5.82 Å². The number of benzene rings is 2. The van der Waals surface area contributed by atoms with E-state index in [1.165, 1.54) is 23.1 Å².